The molecule has 0 aromatic carbocycles. The van der Waals surface area contributed by atoms with Gasteiger partial charge in [-0.1, -0.05) is 20.8 Å². The zero-order chi connectivity index (χ0) is 11.0. The molecule has 1 rings (SSSR count). The van der Waals surface area contributed by atoms with Crippen LogP contribution in [0.3, 0.4) is 0 Å². The van der Waals surface area contributed by atoms with E-state index in [0.717, 1.165) is 25.9 Å². The third-order valence-electron chi connectivity index (χ3n) is 3.21. The lowest BCUT2D eigenvalue weighted by Gasteiger charge is -2.37. The van der Waals surface area contributed by atoms with Crippen LogP contribution in [0.15, 0.2) is 0 Å². The van der Waals surface area contributed by atoms with Gasteiger partial charge in [0.25, 0.3) is 0 Å². The first-order chi connectivity index (χ1) is 6.26. The van der Waals surface area contributed by atoms with Crippen molar-refractivity contribution in [2.45, 2.75) is 53.0 Å². The number of likely N-dealkylation sites (tertiary alicyclic amines) is 1. The number of Topliss-reactive ketones (excluding diaryl/α,β-unsaturated/α-hetero) is 1. The quantitative estimate of drug-likeness (QED) is 0.678. The first kappa shape index (κ1) is 11.7. The summed E-state index contributed by atoms with van der Waals surface area (Å²) in [5.74, 6) is 0.319. The Balaban J connectivity index is 2.74. The average Bonchev–Trinajstić information content (AvgIpc) is 2.30. The standard InChI is InChI=1S/C12H23NO/c1-10(14)12(5)7-6-8-13(12)9-11(2,3)4/h6-9H2,1-5H3/t12-/m0/s1. The summed E-state index contributed by atoms with van der Waals surface area (Å²) < 4.78 is 0. The van der Waals surface area contributed by atoms with Gasteiger partial charge in [0.05, 0.1) is 5.54 Å². The zero-order valence-electron chi connectivity index (χ0n) is 10.2. The van der Waals surface area contributed by atoms with Gasteiger partial charge in [-0.25, -0.2) is 0 Å². The molecule has 0 aromatic rings. The molecule has 2 heteroatoms. The van der Waals surface area contributed by atoms with Crippen molar-refractivity contribution in [3.63, 3.8) is 0 Å². The summed E-state index contributed by atoms with van der Waals surface area (Å²) in [6.07, 6.45) is 2.19. The minimum Gasteiger partial charge on any atom is -0.298 e. The Morgan fingerprint density at radius 2 is 2.00 bits per heavy atom. The normalized spacial score (nSPS) is 29.5. The second kappa shape index (κ2) is 3.65. The molecule has 0 saturated carbocycles. The van der Waals surface area contributed by atoms with Gasteiger partial charge in [-0.15, -0.1) is 0 Å². The van der Waals surface area contributed by atoms with E-state index in [1.54, 1.807) is 6.92 Å². The highest BCUT2D eigenvalue weighted by molar-refractivity contribution is 5.85. The van der Waals surface area contributed by atoms with Crippen molar-refractivity contribution in [1.82, 2.24) is 4.90 Å². The molecule has 0 amide bonds. The molecule has 0 bridgehead atoms. The molecular weight excluding hydrogens is 174 g/mol. The molecular formula is C12H23NO. The second-order valence-corrected chi connectivity index (χ2v) is 5.92. The summed E-state index contributed by atoms with van der Waals surface area (Å²) >= 11 is 0. The van der Waals surface area contributed by atoms with Crippen LogP contribution in [0, 0.1) is 5.41 Å². The smallest absolute Gasteiger partial charge is 0.149 e. The fraction of sp³-hybridized carbons (Fsp3) is 0.917. The number of rotatable bonds is 2. The van der Waals surface area contributed by atoms with Crippen LogP contribution in [0.5, 0.6) is 0 Å². The van der Waals surface area contributed by atoms with E-state index >= 15 is 0 Å². The fourth-order valence-corrected chi connectivity index (χ4v) is 2.24. The molecule has 0 aliphatic carbocycles. The molecule has 0 N–H and O–H groups in total. The molecule has 14 heavy (non-hydrogen) atoms. The molecule has 0 radical (unpaired) electrons. The Labute approximate surface area is 87.7 Å². The van der Waals surface area contributed by atoms with Gasteiger partial charge in [0, 0.05) is 6.54 Å². The molecule has 1 saturated heterocycles. The summed E-state index contributed by atoms with van der Waals surface area (Å²) in [6.45, 7) is 12.6. The topological polar surface area (TPSA) is 20.3 Å². The van der Waals surface area contributed by atoms with Crippen molar-refractivity contribution in [2.24, 2.45) is 5.41 Å². The minimum absolute atomic E-state index is 0.187. The van der Waals surface area contributed by atoms with Crippen LogP contribution in [0.2, 0.25) is 0 Å². The van der Waals surface area contributed by atoms with Crippen molar-refractivity contribution >= 4 is 5.78 Å². The summed E-state index contributed by atoms with van der Waals surface area (Å²) in [5, 5.41) is 0. The Morgan fingerprint density at radius 3 is 2.43 bits per heavy atom. The van der Waals surface area contributed by atoms with E-state index in [2.05, 4.69) is 32.6 Å². The van der Waals surface area contributed by atoms with E-state index in [9.17, 15) is 4.79 Å². The fourth-order valence-electron chi connectivity index (χ4n) is 2.24. The molecule has 1 aliphatic rings. The van der Waals surface area contributed by atoms with Gasteiger partial charge in [-0.2, -0.15) is 0 Å². The Morgan fingerprint density at radius 1 is 1.43 bits per heavy atom. The van der Waals surface area contributed by atoms with Gasteiger partial charge >= 0.3 is 0 Å². The first-order valence-electron chi connectivity index (χ1n) is 5.52. The molecule has 0 spiro atoms. The lowest BCUT2D eigenvalue weighted by Crippen LogP contribution is -2.49. The van der Waals surface area contributed by atoms with Crippen LogP contribution >= 0.6 is 0 Å². The van der Waals surface area contributed by atoms with Crippen molar-refractivity contribution in [3.05, 3.63) is 0 Å². The largest absolute Gasteiger partial charge is 0.298 e. The monoisotopic (exact) mass is 197 g/mol. The number of nitrogens with zero attached hydrogens (tertiary/aromatic N) is 1. The van der Waals surface area contributed by atoms with Gasteiger partial charge in [0.2, 0.25) is 0 Å². The van der Waals surface area contributed by atoms with E-state index < -0.39 is 0 Å². The van der Waals surface area contributed by atoms with E-state index in [0.29, 0.717) is 5.78 Å². The number of hydrogen-bond acceptors (Lipinski definition) is 2. The third-order valence-corrected chi connectivity index (χ3v) is 3.21. The summed E-state index contributed by atoms with van der Waals surface area (Å²) in [7, 11) is 0. The van der Waals surface area contributed by atoms with Gasteiger partial charge in [-0.3, -0.25) is 9.69 Å². The number of ketones is 1. The Kier molecular flexibility index (Phi) is 3.05. The zero-order valence-corrected chi connectivity index (χ0v) is 10.2. The van der Waals surface area contributed by atoms with Crippen LogP contribution in [0.25, 0.3) is 0 Å². The van der Waals surface area contributed by atoms with E-state index in [1.165, 1.54) is 0 Å². The second-order valence-electron chi connectivity index (χ2n) is 5.92. The van der Waals surface area contributed by atoms with Crippen LogP contribution in [-0.2, 0) is 4.79 Å². The predicted molar refractivity (Wildman–Crippen MR) is 59.3 cm³/mol. The maximum atomic E-state index is 11.6. The van der Waals surface area contributed by atoms with Crippen LogP contribution in [-0.4, -0.2) is 29.3 Å². The number of carbonyl (C=O) groups is 1. The first-order valence-corrected chi connectivity index (χ1v) is 5.52. The van der Waals surface area contributed by atoms with Crippen molar-refractivity contribution in [1.29, 1.82) is 0 Å². The van der Waals surface area contributed by atoms with Crippen molar-refractivity contribution < 1.29 is 4.79 Å². The molecule has 1 fully saturated rings. The van der Waals surface area contributed by atoms with E-state index in [4.69, 9.17) is 0 Å². The van der Waals surface area contributed by atoms with Crippen molar-refractivity contribution in [2.75, 3.05) is 13.1 Å². The molecule has 0 unspecified atom stereocenters. The maximum absolute atomic E-state index is 11.6. The number of carbonyl (C=O) groups excluding carboxylic acids is 1. The lowest BCUT2D eigenvalue weighted by atomic mass is 9.90. The highest BCUT2D eigenvalue weighted by Crippen LogP contribution is 2.32. The maximum Gasteiger partial charge on any atom is 0.149 e. The van der Waals surface area contributed by atoms with Gasteiger partial charge < -0.3 is 0 Å². The minimum atomic E-state index is -0.187. The van der Waals surface area contributed by atoms with Gasteiger partial charge in [-0.05, 0) is 38.6 Å². The highest BCUT2D eigenvalue weighted by Gasteiger charge is 2.41. The van der Waals surface area contributed by atoms with Crippen LogP contribution < -0.4 is 0 Å². The predicted octanol–water partition coefficient (Wildman–Crippen LogP) is 2.48. The SMILES string of the molecule is CC(=O)[C@]1(C)CCCN1CC(C)(C)C. The summed E-state index contributed by atoms with van der Waals surface area (Å²) in [5.41, 5.74) is 0.0916. The summed E-state index contributed by atoms with van der Waals surface area (Å²) in [4.78, 5) is 14.0. The molecule has 1 heterocycles. The third kappa shape index (κ3) is 2.35. The average molecular weight is 197 g/mol. The number of hydrogen-bond donors (Lipinski definition) is 0. The van der Waals surface area contributed by atoms with E-state index in [1.807, 2.05) is 0 Å². The lowest BCUT2D eigenvalue weighted by molar-refractivity contribution is -0.127. The highest BCUT2D eigenvalue weighted by atomic mass is 16.1. The Bertz CT molecular complexity index is 229. The van der Waals surface area contributed by atoms with Gasteiger partial charge in [0.1, 0.15) is 5.78 Å². The van der Waals surface area contributed by atoms with Gasteiger partial charge in [0.15, 0.2) is 0 Å². The van der Waals surface area contributed by atoms with Crippen molar-refractivity contribution in [3.8, 4) is 0 Å². The van der Waals surface area contributed by atoms with E-state index in [-0.39, 0.29) is 11.0 Å². The molecule has 1 atom stereocenters. The molecule has 0 aromatic heterocycles. The summed E-state index contributed by atoms with van der Waals surface area (Å²) in [6, 6.07) is 0. The molecule has 82 valence electrons. The molecule has 1 aliphatic heterocycles. The van der Waals surface area contributed by atoms with Crippen LogP contribution in [0.1, 0.15) is 47.5 Å². The van der Waals surface area contributed by atoms with Crippen LogP contribution in [0.4, 0.5) is 0 Å². The Hall–Kier alpha value is -0.370. The molecule has 2 nitrogen and oxygen atoms in total.